The van der Waals surface area contributed by atoms with Crippen LogP contribution in [0.25, 0.3) is 10.2 Å². The van der Waals surface area contributed by atoms with E-state index in [1.165, 1.54) is 29.8 Å². The first-order chi connectivity index (χ1) is 16.0. The molecule has 3 N–H and O–H groups in total. The van der Waals surface area contributed by atoms with E-state index in [2.05, 4.69) is 27.5 Å². The van der Waals surface area contributed by atoms with Crippen molar-refractivity contribution < 1.29 is 19.0 Å². The molecule has 0 radical (unpaired) electrons. The summed E-state index contributed by atoms with van der Waals surface area (Å²) < 4.78 is 20.1. The minimum absolute atomic E-state index is 0.0810. The number of anilines is 2. The molecule has 7 nitrogen and oxygen atoms in total. The zero-order valence-corrected chi connectivity index (χ0v) is 19.7. The molecule has 3 aromatic rings. The minimum Gasteiger partial charge on any atom is -0.488 e. The van der Waals surface area contributed by atoms with Crippen molar-refractivity contribution in [3.05, 3.63) is 40.8 Å². The fourth-order valence-corrected chi connectivity index (χ4v) is 5.07. The van der Waals surface area contributed by atoms with Crippen LogP contribution >= 0.6 is 11.3 Å². The molecule has 0 aliphatic heterocycles. The highest BCUT2D eigenvalue weighted by atomic mass is 32.1. The second-order valence-corrected chi connectivity index (χ2v) is 9.38. The van der Waals surface area contributed by atoms with E-state index in [1.807, 2.05) is 6.92 Å². The Morgan fingerprint density at radius 3 is 2.82 bits per heavy atom. The Bertz CT molecular complexity index is 1130. The summed E-state index contributed by atoms with van der Waals surface area (Å²) in [6.45, 7) is 4.60. The van der Waals surface area contributed by atoms with E-state index in [0.29, 0.717) is 46.3 Å². The van der Waals surface area contributed by atoms with E-state index in [9.17, 15) is 14.3 Å². The number of fused-ring (bicyclic) bond motifs is 1. The Labute approximate surface area is 196 Å². The van der Waals surface area contributed by atoms with Crippen LogP contribution in [0.3, 0.4) is 0 Å². The first kappa shape index (κ1) is 23.4. The van der Waals surface area contributed by atoms with Crippen LogP contribution in [0, 0.1) is 12.7 Å². The van der Waals surface area contributed by atoms with Crippen LogP contribution < -0.4 is 15.4 Å². The van der Waals surface area contributed by atoms with Crippen molar-refractivity contribution in [1.82, 2.24) is 15.3 Å². The van der Waals surface area contributed by atoms with E-state index in [-0.39, 0.29) is 18.1 Å². The number of aromatic nitrogens is 2. The summed E-state index contributed by atoms with van der Waals surface area (Å²) in [5, 5.41) is 16.7. The number of aliphatic hydroxyl groups excluding tert-OH is 1. The van der Waals surface area contributed by atoms with Crippen molar-refractivity contribution in [2.45, 2.75) is 64.6 Å². The summed E-state index contributed by atoms with van der Waals surface area (Å²) in [5.74, 6) is 0.433. The van der Waals surface area contributed by atoms with Gasteiger partial charge < -0.3 is 20.5 Å². The van der Waals surface area contributed by atoms with Crippen LogP contribution in [-0.4, -0.2) is 39.7 Å². The fourth-order valence-electron chi connectivity index (χ4n) is 4.01. The number of amides is 1. The lowest BCUT2D eigenvalue weighted by Crippen LogP contribution is -2.26. The van der Waals surface area contributed by atoms with Crippen molar-refractivity contribution in [3.8, 4) is 5.75 Å². The Hall–Kier alpha value is -2.78. The number of benzene rings is 1. The number of ether oxygens (including phenoxy) is 1. The van der Waals surface area contributed by atoms with Crippen molar-refractivity contribution in [2.24, 2.45) is 0 Å². The molecular formula is C24H29FN4O3S. The molecule has 1 amide bonds. The Kier molecular flexibility index (Phi) is 7.39. The summed E-state index contributed by atoms with van der Waals surface area (Å²) in [5.41, 5.74) is 1.39. The van der Waals surface area contributed by atoms with Gasteiger partial charge in [0.1, 0.15) is 28.5 Å². The van der Waals surface area contributed by atoms with E-state index in [0.717, 1.165) is 36.6 Å². The number of hydrogen-bond acceptors (Lipinski definition) is 7. The fraction of sp³-hybridized carbons (Fsp3) is 0.458. The molecule has 1 fully saturated rings. The van der Waals surface area contributed by atoms with E-state index in [1.54, 1.807) is 6.07 Å². The molecule has 2 heterocycles. The smallest absolute Gasteiger partial charge is 0.261 e. The molecule has 4 rings (SSSR count). The third-order valence-corrected chi connectivity index (χ3v) is 7.08. The summed E-state index contributed by atoms with van der Waals surface area (Å²) in [4.78, 5) is 22.7. The van der Waals surface area contributed by atoms with Gasteiger partial charge in [0, 0.05) is 12.6 Å². The maximum atomic E-state index is 14.0. The molecule has 0 saturated heterocycles. The van der Waals surface area contributed by atoms with Crippen LogP contribution in [0.4, 0.5) is 15.9 Å². The number of unbranched alkanes of at least 4 members (excludes halogenated alkanes) is 1. The second-order valence-electron chi connectivity index (χ2n) is 8.38. The molecule has 33 heavy (non-hydrogen) atoms. The number of rotatable bonds is 8. The van der Waals surface area contributed by atoms with Gasteiger partial charge >= 0.3 is 0 Å². The van der Waals surface area contributed by atoms with Gasteiger partial charge in [-0.2, -0.15) is 0 Å². The van der Waals surface area contributed by atoms with Gasteiger partial charge in [-0.25, -0.2) is 14.4 Å². The normalized spacial score (nSPS) is 18.3. The zero-order chi connectivity index (χ0) is 23.4. The largest absolute Gasteiger partial charge is 0.488 e. The number of hydrogen-bond donors (Lipinski definition) is 3. The third kappa shape index (κ3) is 5.42. The van der Waals surface area contributed by atoms with E-state index in [4.69, 9.17) is 4.74 Å². The second kappa shape index (κ2) is 10.4. The van der Waals surface area contributed by atoms with Crippen LogP contribution in [0.15, 0.2) is 24.5 Å². The Morgan fingerprint density at radius 1 is 1.27 bits per heavy atom. The molecular weight excluding hydrogens is 443 g/mol. The molecule has 1 aliphatic carbocycles. The lowest BCUT2D eigenvalue weighted by molar-refractivity contribution is 0.0668. The molecule has 0 unspecified atom stereocenters. The molecule has 0 atom stereocenters. The Balaban J connectivity index is 1.61. The molecule has 1 aromatic carbocycles. The highest BCUT2D eigenvalue weighted by Crippen LogP contribution is 2.37. The van der Waals surface area contributed by atoms with Gasteiger partial charge in [0.05, 0.1) is 28.2 Å². The number of halogens is 1. The molecule has 0 bridgehead atoms. The van der Waals surface area contributed by atoms with Crippen molar-refractivity contribution in [3.63, 3.8) is 0 Å². The quantitative estimate of drug-likeness (QED) is 0.395. The minimum atomic E-state index is -0.392. The lowest BCUT2D eigenvalue weighted by Gasteiger charge is -2.27. The number of thiophene rings is 1. The average molecular weight is 473 g/mol. The van der Waals surface area contributed by atoms with Crippen LogP contribution in [0.1, 0.15) is 60.7 Å². The van der Waals surface area contributed by atoms with Crippen LogP contribution in [0.5, 0.6) is 5.75 Å². The first-order valence-electron chi connectivity index (χ1n) is 11.4. The third-order valence-electron chi connectivity index (χ3n) is 5.88. The van der Waals surface area contributed by atoms with Gasteiger partial charge in [0.15, 0.2) is 0 Å². The predicted octanol–water partition coefficient (Wildman–Crippen LogP) is 5.09. The van der Waals surface area contributed by atoms with Gasteiger partial charge in [-0.3, -0.25) is 4.79 Å². The van der Waals surface area contributed by atoms with Crippen molar-refractivity contribution in [1.29, 1.82) is 0 Å². The number of aryl methyl sites for hydroxylation is 1. The molecule has 0 spiro atoms. The summed E-state index contributed by atoms with van der Waals surface area (Å²) in [7, 11) is 0. The molecule has 1 aliphatic rings. The number of nitrogens with one attached hydrogen (secondary N) is 2. The zero-order valence-electron chi connectivity index (χ0n) is 18.9. The highest BCUT2D eigenvalue weighted by Gasteiger charge is 2.23. The van der Waals surface area contributed by atoms with Gasteiger partial charge in [-0.05, 0) is 56.7 Å². The van der Waals surface area contributed by atoms with Crippen LogP contribution in [0.2, 0.25) is 0 Å². The topological polar surface area (TPSA) is 96.4 Å². The van der Waals surface area contributed by atoms with Crippen molar-refractivity contribution in [2.75, 3.05) is 11.9 Å². The van der Waals surface area contributed by atoms with Gasteiger partial charge in [0.2, 0.25) is 0 Å². The standard InChI is InChI=1S/C24H29FN4O3S/c1-3-4-11-26-23(31)21-14(2)20-22(27-13-28-24(20)33-21)29-18-10-5-15(25)12-19(18)32-17-8-6-16(30)7-9-17/h5,10,12-13,16-17,30H,3-4,6-9,11H2,1-2H3,(H,26,31)(H,27,28,29). The number of nitrogens with zero attached hydrogens (tertiary/aromatic N) is 2. The lowest BCUT2D eigenvalue weighted by atomic mass is 9.95. The number of carbonyl (C=O) groups excluding carboxylic acids is 1. The average Bonchev–Trinajstić information content (AvgIpc) is 3.15. The molecule has 2 aromatic heterocycles. The maximum absolute atomic E-state index is 14.0. The maximum Gasteiger partial charge on any atom is 0.261 e. The SMILES string of the molecule is CCCCNC(=O)c1sc2ncnc(Nc3ccc(F)cc3OC3CCC(O)CC3)c2c1C. The molecule has 9 heteroatoms. The molecule has 1 saturated carbocycles. The Morgan fingerprint density at radius 2 is 2.06 bits per heavy atom. The van der Waals surface area contributed by atoms with E-state index >= 15 is 0 Å². The van der Waals surface area contributed by atoms with E-state index < -0.39 is 5.82 Å². The summed E-state index contributed by atoms with van der Waals surface area (Å²) >= 11 is 1.33. The number of aliphatic hydroxyl groups is 1. The van der Waals surface area contributed by atoms with Gasteiger partial charge in [-0.1, -0.05) is 13.3 Å². The van der Waals surface area contributed by atoms with Crippen LogP contribution in [-0.2, 0) is 0 Å². The monoisotopic (exact) mass is 472 g/mol. The molecule has 176 valence electrons. The highest BCUT2D eigenvalue weighted by molar-refractivity contribution is 7.20. The predicted molar refractivity (Wildman–Crippen MR) is 128 cm³/mol. The summed E-state index contributed by atoms with van der Waals surface area (Å²) in [6, 6.07) is 4.35. The summed E-state index contributed by atoms with van der Waals surface area (Å²) in [6.07, 6.45) is 5.79. The van der Waals surface area contributed by atoms with Crippen molar-refractivity contribution >= 4 is 39.0 Å². The first-order valence-corrected chi connectivity index (χ1v) is 12.2. The van der Waals surface area contributed by atoms with Gasteiger partial charge in [-0.15, -0.1) is 11.3 Å². The van der Waals surface area contributed by atoms with Gasteiger partial charge in [0.25, 0.3) is 5.91 Å². The number of carbonyl (C=O) groups is 1.